The van der Waals surface area contributed by atoms with E-state index < -0.39 is 36.0 Å². The maximum absolute atomic E-state index is 12.1. The van der Waals surface area contributed by atoms with Gasteiger partial charge in [0.1, 0.15) is 11.4 Å². The summed E-state index contributed by atoms with van der Waals surface area (Å²) in [6, 6.07) is 2.18. The third-order valence-corrected chi connectivity index (χ3v) is 6.26. The summed E-state index contributed by atoms with van der Waals surface area (Å²) in [6.07, 6.45) is -5.12. The van der Waals surface area contributed by atoms with Crippen LogP contribution >= 0.6 is 11.3 Å². The van der Waals surface area contributed by atoms with Crippen LogP contribution in [0.3, 0.4) is 0 Å². The summed E-state index contributed by atoms with van der Waals surface area (Å²) in [5.74, 6) is -4.60. The first kappa shape index (κ1) is 31.0. The molecule has 4 rings (SSSR count). The Morgan fingerprint density at radius 2 is 1.68 bits per heavy atom. The highest BCUT2D eigenvalue weighted by atomic mass is 32.1. The Morgan fingerprint density at radius 3 is 2.13 bits per heavy atom. The quantitative estimate of drug-likeness (QED) is 0.477. The number of rotatable bonds is 3. The number of aromatic nitrogens is 2. The van der Waals surface area contributed by atoms with Crippen molar-refractivity contribution < 1.29 is 55.7 Å². The normalized spacial score (nSPS) is 18.8. The molecule has 3 N–H and O–H groups in total. The fourth-order valence-corrected chi connectivity index (χ4v) is 4.41. The number of aliphatic carboxylic acids is 2. The number of imidazole rings is 1. The Hall–Kier alpha value is -3.18. The van der Waals surface area contributed by atoms with Crippen LogP contribution in [-0.2, 0) is 37.8 Å². The first-order valence-corrected chi connectivity index (χ1v) is 11.8. The molecule has 17 heteroatoms. The minimum Gasteiger partial charge on any atom is -0.475 e. The minimum atomic E-state index is -5.08. The molecule has 4 heterocycles. The van der Waals surface area contributed by atoms with Crippen molar-refractivity contribution in [1.82, 2.24) is 19.8 Å². The van der Waals surface area contributed by atoms with E-state index in [1.807, 2.05) is 12.4 Å². The van der Waals surface area contributed by atoms with E-state index >= 15 is 0 Å². The number of nitrogens with zero attached hydrogens (tertiary/aromatic N) is 3. The Kier molecular flexibility index (Phi) is 10.3. The number of carboxylic acids is 2. The Bertz CT molecular complexity index is 1060. The predicted octanol–water partition coefficient (Wildman–Crippen LogP) is 2.85. The number of carbonyl (C=O) groups excluding carboxylic acids is 1. The van der Waals surface area contributed by atoms with E-state index in [0.717, 1.165) is 38.3 Å². The first-order valence-electron chi connectivity index (χ1n) is 10.8. The number of nitrogens with one attached hydrogen (secondary N) is 1. The predicted molar refractivity (Wildman–Crippen MR) is 119 cm³/mol. The molecule has 0 bridgehead atoms. The van der Waals surface area contributed by atoms with Gasteiger partial charge in [-0.3, -0.25) is 9.69 Å². The lowest BCUT2D eigenvalue weighted by molar-refractivity contribution is -0.193. The van der Waals surface area contributed by atoms with Crippen LogP contribution in [0.2, 0.25) is 0 Å². The fraction of sp³-hybridized carbons (Fsp3) is 0.524. The lowest BCUT2D eigenvalue weighted by Crippen LogP contribution is -2.53. The Labute approximate surface area is 215 Å². The second-order valence-corrected chi connectivity index (χ2v) is 8.91. The number of piperidine rings is 1. The highest BCUT2D eigenvalue weighted by molar-refractivity contribution is 7.07. The van der Waals surface area contributed by atoms with Gasteiger partial charge in [0.2, 0.25) is 0 Å². The number of carboxylic acid groups (broad SMARTS) is 2. The molecule has 212 valence electrons. The molecule has 0 aromatic carbocycles. The maximum atomic E-state index is 12.1. The van der Waals surface area contributed by atoms with Crippen LogP contribution in [0.25, 0.3) is 0 Å². The summed E-state index contributed by atoms with van der Waals surface area (Å²) in [6.45, 7) is 3.41. The molecule has 38 heavy (non-hydrogen) atoms. The molecule has 0 saturated carbocycles. The summed E-state index contributed by atoms with van der Waals surface area (Å²) in [5.41, 5.74) is 0.926. The van der Waals surface area contributed by atoms with Gasteiger partial charge < -0.3 is 24.8 Å². The molecule has 1 spiro atoms. The average molecular weight is 575 g/mol. The third kappa shape index (κ3) is 8.42. The SMILES string of the molecule is CNC(=O)C1Cn2ccnc2C2(CCN(Cc3ccsc3)CC2)O1.O=C(O)C(F)(F)F.O=C(O)C(F)(F)F. The fourth-order valence-electron chi connectivity index (χ4n) is 3.75. The van der Waals surface area contributed by atoms with Crippen LogP contribution in [0.4, 0.5) is 26.3 Å². The molecule has 10 nitrogen and oxygen atoms in total. The van der Waals surface area contributed by atoms with Gasteiger partial charge in [0.25, 0.3) is 5.91 Å². The van der Waals surface area contributed by atoms with Crippen LogP contribution in [0.15, 0.2) is 29.2 Å². The number of likely N-dealkylation sites (N-methyl/N-ethyl adjacent to an activating group) is 1. The van der Waals surface area contributed by atoms with Crippen molar-refractivity contribution in [3.05, 3.63) is 40.6 Å². The minimum absolute atomic E-state index is 0.0607. The Balaban J connectivity index is 0.000000301. The molecule has 1 fully saturated rings. The molecule has 2 aliphatic rings. The van der Waals surface area contributed by atoms with Gasteiger partial charge in [0.15, 0.2) is 6.10 Å². The second-order valence-electron chi connectivity index (χ2n) is 8.13. The highest BCUT2D eigenvalue weighted by Gasteiger charge is 2.47. The van der Waals surface area contributed by atoms with Crippen molar-refractivity contribution in [3.8, 4) is 0 Å². The zero-order valence-corrected chi connectivity index (χ0v) is 20.6. The first-order chi connectivity index (χ1) is 17.6. The van der Waals surface area contributed by atoms with Crippen molar-refractivity contribution >= 4 is 29.2 Å². The largest absolute Gasteiger partial charge is 0.490 e. The lowest BCUT2D eigenvalue weighted by Gasteiger charge is -2.45. The molecule has 1 saturated heterocycles. The zero-order valence-electron chi connectivity index (χ0n) is 19.8. The van der Waals surface area contributed by atoms with Gasteiger partial charge in [-0.15, -0.1) is 0 Å². The number of likely N-dealkylation sites (tertiary alicyclic amines) is 1. The van der Waals surface area contributed by atoms with Crippen molar-refractivity contribution in [3.63, 3.8) is 0 Å². The molecular formula is C21H24F6N4O6S. The number of hydrogen-bond acceptors (Lipinski definition) is 7. The van der Waals surface area contributed by atoms with Gasteiger partial charge >= 0.3 is 24.3 Å². The van der Waals surface area contributed by atoms with Crippen LogP contribution < -0.4 is 5.32 Å². The van der Waals surface area contributed by atoms with Crippen molar-refractivity contribution in [2.24, 2.45) is 0 Å². The third-order valence-electron chi connectivity index (χ3n) is 5.53. The summed E-state index contributed by atoms with van der Waals surface area (Å²) in [5, 5.41) is 21.3. The topological polar surface area (TPSA) is 134 Å². The standard InChI is InChI=1S/C17H22N4O2S.2C2HF3O2/c1-18-15(22)14-11-21-8-5-19-16(21)17(23-14)3-6-20(7-4-17)10-13-2-9-24-12-13;2*3-2(4,5)1(6)7/h2,5,8-9,12,14H,3-4,6-7,10-11H2,1H3,(H,18,22);2*(H,6,7). The number of alkyl halides is 6. The number of carbonyl (C=O) groups is 3. The highest BCUT2D eigenvalue weighted by Crippen LogP contribution is 2.40. The average Bonchev–Trinajstić information content (AvgIpc) is 3.52. The van der Waals surface area contributed by atoms with E-state index in [1.54, 1.807) is 18.4 Å². The van der Waals surface area contributed by atoms with Gasteiger partial charge in [-0.05, 0) is 35.2 Å². The molecule has 0 aliphatic carbocycles. The van der Waals surface area contributed by atoms with E-state index in [9.17, 15) is 31.1 Å². The van der Waals surface area contributed by atoms with Crippen molar-refractivity contribution in [2.75, 3.05) is 20.1 Å². The van der Waals surface area contributed by atoms with Crippen molar-refractivity contribution in [2.45, 2.75) is 50.0 Å². The van der Waals surface area contributed by atoms with E-state index in [2.05, 4.69) is 36.6 Å². The summed E-state index contributed by atoms with van der Waals surface area (Å²) in [7, 11) is 1.66. The van der Waals surface area contributed by atoms with Gasteiger partial charge in [-0.1, -0.05) is 0 Å². The van der Waals surface area contributed by atoms with Crippen LogP contribution in [0.5, 0.6) is 0 Å². The van der Waals surface area contributed by atoms with Gasteiger partial charge in [0.05, 0.1) is 6.54 Å². The van der Waals surface area contributed by atoms with Gasteiger partial charge in [-0.2, -0.15) is 37.7 Å². The summed E-state index contributed by atoms with van der Waals surface area (Å²) in [4.78, 5) is 36.9. The number of fused-ring (bicyclic) bond motifs is 2. The van der Waals surface area contributed by atoms with Crippen LogP contribution in [0.1, 0.15) is 24.2 Å². The van der Waals surface area contributed by atoms with Crippen LogP contribution in [0, 0.1) is 0 Å². The molecule has 2 aromatic heterocycles. The van der Waals surface area contributed by atoms with Crippen LogP contribution in [-0.4, -0.2) is 81.1 Å². The zero-order chi connectivity index (χ0) is 28.7. The summed E-state index contributed by atoms with van der Waals surface area (Å²) < 4.78 is 71.9. The monoisotopic (exact) mass is 574 g/mol. The molecule has 2 aromatic rings. The number of thiophene rings is 1. The number of hydrogen-bond donors (Lipinski definition) is 3. The van der Waals surface area contributed by atoms with E-state index in [4.69, 9.17) is 24.5 Å². The van der Waals surface area contributed by atoms with E-state index in [-0.39, 0.29) is 5.91 Å². The van der Waals surface area contributed by atoms with Gasteiger partial charge in [-0.25, -0.2) is 14.6 Å². The van der Waals surface area contributed by atoms with Gasteiger partial charge in [0, 0.05) is 39.1 Å². The molecule has 1 unspecified atom stereocenters. The summed E-state index contributed by atoms with van der Waals surface area (Å²) >= 11 is 1.74. The van der Waals surface area contributed by atoms with E-state index in [1.165, 1.54) is 5.56 Å². The molecule has 2 aliphatic heterocycles. The second kappa shape index (κ2) is 12.6. The van der Waals surface area contributed by atoms with Crippen molar-refractivity contribution in [1.29, 1.82) is 0 Å². The molecule has 1 atom stereocenters. The molecule has 0 radical (unpaired) electrons. The lowest BCUT2D eigenvalue weighted by atomic mass is 9.88. The molecular weight excluding hydrogens is 550 g/mol. The Morgan fingerprint density at radius 1 is 1.13 bits per heavy atom. The number of amides is 1. The number of halogens is 6. The number of ether oxygens (including phenoxy) is 1. The smallest absolute Gasteiger partial charge is 0.475 e. The molecule has 1 amide bonds. The maximum Gasteiger partial charge on any atom is 0.490 e. The van der Waals surface area contributed by atoms with E-state index in [0.29, 0.717) is 6.54 Å².